The molecule has 0 radical (unpaired) electrons. The molecule has 1 heterocycles. The highest BCUT2D eigenvalue weighted by Gasteiger charge is 2.05. The van der Waals surface area contributed by atoms with E-state index in [1.807, 2.05) is 21.9 Å². The SMILES string of the molecule is Cc1ccc2[s+]psc2c1. The van der Waals surface area contributed by atoms with Gasteiger partial charge in [-0.15, -0.1) is 0 Å². The fourth-order valence-electron chi connectivity index (χ4n) is 0.861. The maximum Gasteiger partial charge on any atom is 0.317 e. The minimum absolute atomic E-state index is 1.36. The summed E-state index contributed by atoms with van der Waals surface area (Å²) < 4.78 is 2.89. The van der Waals surface area contributed by atoms with Crippen molar-refractivity contribution in [1.82, 2.24) is 0 Å². The van der Waals surface area contributed by atoms with Gasteiger partial charge in [0.05, 0.1) is 0 Å². The first-order chi connectivity index (χ1) is 4.86. The van der Waals surface area contributed by atoms with Gasteiger partial charge in [0.2, 0.25) is 0 Å². The third kappa shape index (κ3) is 1.07. The van der Waals surface area contributed by atoms with Crippen molar-refractivity contribution in [2.24, 2.45) is 0 Å². The molecule has 1 aromatic carbocycles. The van der Waals surface area contributed by atoms with Gasteiger partial charge in [-0.25, -0.2) is 0 Å². The van der Waals surface area contributed by atoms with Crippen molar-refractivity contribution in [2.75, 3.05) is 0 Å². The number of fused-ring (bicyclic) bond motifs is 1. The summed E-state index contributed by atoms with van der Waals surface area (Å²) in [5, 5.41) is 0. The van der Waals surface area contributed by atoms with Crippen molar-refractivity contribution in [1.29, 1.82) is 0 Å². The van der Waals surface area contributed by atoms with Crippen LogP contribution in [0.25, 0.3) is 9.40 Å². The predicted octanol–water partition coefficient (Wildman–Crippen LogP) is 4.13. The van der Waals surface area contributed by atoms with E-state index in [2.05, 4.69) is 25.1 Å². The second-order valence-electron chi connectivity index (χ2n) is 2.21. The molecule has 3 heteroatoms. The van der Waals surface area contributed by atoms with Crippen LogP contribution in [0.3, 0.4) is 0 Å². The molecular formula is C7H6PS2+. The second-order valence-corrected chi connectivity index (χ2v) is 6.49. The molecule has 0 unspecified atom stereocenters. The molecule has 0 amide bonds. The first-order valence-electron chi connectivity index (χ1n) is 3.01. The van der Waals surface area contributed by atoms with Crippen LogP contribution in [0.2, 0.25) is 0 Å². The molecule has 0 nitrogen and oxygen atoms in total. The summed E-state index contributed by atoms with van der Waals surface area (Å²) in [4.78, 5) is 0. The highest BCUT2D eigenvalue weighted by Crippen LogP contribution is 2.35. The maximum atomic E-state index is 2.26. The van der Waals surface area contributed by atoms with Gasteiger partial charge in [-0.05, 0) is 24.6 Å². The van der Waals surface area contributed by atoms with Crippen LogP contribution in [-0.2, 0) is 0 Å². The van der Waals surface area contributed by atoms with Crippen molar-refractivity contribution >= 4 is 37.8 Å². The van der Waals surface area contributed by atoms with Crippen molar-refractivity contribution in [2.45, 2.75) is 6.92 Å². The molecule has 0 saturated carbocycles. The van der Waals surface area contributed by atoms with Gasteiger partial charge in [-0.3, -0.25) is 0 Å². The molecule has 0 aliphatic carbocycles. The lowest BCUT2D eigenvalue weighted by molar-refractivity contribution is 1.52. The zero-order valence-electron chi connectivity index (χ0n) is 5.50. The van der Waals surface area contributed by atoms with E-state index in [1.54, 1.807) is 0 Å². The van der Waals surface area contributed by atoms with Gasteiger partial charge in [0.15, 0.2) is 9.40 Å². The van der Waals surface area contributed by atoms with E-state index in [4.69, 9.17) is 0 Å². The predicted molar refractivity (Wildman–Crippen MR) is 51.4 cm³/mol. The summed E-state index contributed by atoms with van der Waals surface area (Å²) in [7, 11) is 3.83. The van der Waals surface area contributed by atoms with Crippen LogP contribution < -0.4 is 0 Å². The first-order valence-corrected chi connectivity index (χ1v) is 6.75. The van der Waals surface area contributed by atoms with Crippen LogP contribution >= 0.6 is 28.4 Å². The van der Waals surface area contributed by atoms with Crippen molar-refractivity contribution in [3.8, 4) is 0 Å². The van der Waals surface area contributed by atoms with Gasteiger partial charge in [0.25, 0.3) is 0 Å². The Labute approximate surface area is 68.7 Å². The van der Waals surface area contributed by atoms with Crippen LogP contribution in [0.15, 0.2) is 18.2 Å². The van der Waals surface area contributed by atoms with Gasteiger partial charge in [-0.2, -0.15) is 0 Å². The van der Waals surface area contributed by atoms with Gasteiger partial charge >= 0.3 is 6.55 Å². The standard InChI is InChI=1S/C7H6PS2/c1-5-2-3-6-7(4-5)10-8-9-6/h2-4H,1H3/q+1. The number of hydrogen-bond donors (Lipinski definition) is 0. The van der Waals surface area contributed by atoms with Crippen LogP contribution in [0.5, 0.6) is 0 Å². The Bertz CT molecular complexity index is 353. The lowest BCUT2D eigenvalue weighted by atomic mass is 10.2. The molecule has 2 aromatic rings. The highest BCUT2D eigenvalue weighted by atomic mass is 32.8. The molecule has 0 bridgehead atoms. The molecule has 0 fully saturated rings. The van der Waals surface area contributed by atoms with Crippen LogP contribution in [0, 0.1) is 6.92 Å². The Hall–Kier alpha value is -0.0400. The average molecular weight is 185 g/mol. The molecule has 0 spiro atoms. The normalized spacial score (nSPS) is 11.3. The summed E-state index contributed by atoms with van der Waals surface area (Å²) in [6, 6.07) is 6.64. The number of hydrogen-bond acceptors (Lipinski definition) is 1. The van der Waals surface area contributed by atoms with Gasteiger partial charge in [0, 0.05) is 0 Å². The van der Waals surface area contributed by atoms with E-state index in [0.29, 0.717) is 0 Å². The third-order valence-electron chi connectivity index (χ3n) is 1.37. The Morgan fingerprint density at radius 3 is 3.30 bits per heavy atom. The van der Waals surface area contributed by atoms with E-state index in [1.165, 1.54) is 21.5 Å². The van der Waals surface area contributed by atoms with Gasteiger partial charge < -0.3 is 0 Å². The Balaban J connectivity index is 2.86. The molecular weight excluding hydrogens is 179 g/mol. The number of benzene rings is 1. The van der Waals surface area contributed by atoms with Gasteiger partial charge in [0.1, 0.15) is 21.9 Å². The number of rotatable bonds is 0. The zero-order valence-corrected chi connectivity index (χ0v) is 8.02. The Kier molecular flexibility index (Phi) is 1.69. The highest BCUT2D eigenvalue weighted by molar-refractivity contribution is 8.08. The van der Waals surface area contributed by atoms with Crippen LogP contribution in [0.4, 0.5) is 0 Å². The van der Waals surface area contributed by atoms with Crippen molar-refractivity contribution in [3.05, 3.63) is 23.8 Å². The van der Waals surface area contributed by atoms with Crippen LogP contribution in [0.1, 0.15) is 5.56 Å². The van der Waals surface area contributed by atoms with Crippen LogP contribution in [-0.4, -0.2) is 0 Å². The summed E-state index contributed by atoms with van der Waals surface area (Å²) >= 11 is 0. The van der Waals surface area contributed by atoms with E-state index < -0.39 is 0 Å². The average Bonchev–Trinajstić information content (AvgIpc) is 2.33. The molecule has 0 atom stereocenters. The molecule has 50 valence electrons. The van der Waals surface area contributed by atoms with Crippen molar-refractivity contribution in [3.63, 3.8) is 0 Å². The van der Waals surface area contributed by atoms with E-state index in [0.717, 1.165) is 0 Å². The molecule has 10 heavy (non-hydrogen) atoms. The van der Waals surface area contributed by atoms with Gasteiger partial charge in [-0.1, -0.05) is 6.07 Å². The summed E-state index contributed by atoms with van der Waals surface area (Å²) in [5.41, 5.74) is 1.36. The lowest BCUT2D eigenvalue weighted by Crippen LogP contribution is -1.65. The molecule has 0 saturated heterocycles. The molecule has 1 aromatic heterocycles. The fraction of sp³-hybridized carbons (Fsp3) is 0.143. The van der Waals surface area contributed by atoms with Crippen molar-refractivity contribution < 1.29 is 0 Å². The van der Waals surface area contributed by atoms with E-state index >= 15 is 0 Å². The summed E-state index contributed by atoms with van der Waals surface area (Å²) in [6.07, 6.45) is 0. The minimum Gasteiger partial charge on any atom is -0.0557 e. The quantitative estimate of drug-likeness (QED) is 0.541. The second kappa shape index (κ2) is 2.54. The number of aryl methyl sites for hydroxylation is 1. The van der Waals surface area contributed by atoms with E-state index in [9.17, 15) is 0 Å². The monoisotopic (exact) mass is 185 g/mol. The molecule has 2 rings (SSSR count). The summed E-state index contributed by atoms with van der Waals surface area (Å²) in [6.45, 7) is 3.55. The largest absolute Gasteiger partial charge is 0.317 e. The first kappa shape index (κ1) is 6.66. The topological polar surface area (TPSA) is 0 Å². The minimum atomic E-state index is 1.36. The molecule has 0 aliphatic rings. The third-order valence-corrected chi connectivity index (χ3v) is 5.70. The fourth-order valence-corrected chi connectivity index (χ4v) is 5.66. The Morgan fingerprint density at radius 2 is 2.40 bits per heavy atom. The lowest BCUT2D eigenvalue weighted by Gasteiger charge is -1.83. The molecule has 0 aliphatic heterocycles. The smallest absolute Gasteiger partial charge is 0.0557 e. The zero-order chi connectivity index (χ0) is 6.97. The maximum absolute atomic E-state index is 2.26. The van der Waals surface area contributed by atoms with E-state index in [-0.39, 0.29) is 0 Å². The Morgan fingerprint density at radius 1 is 1.50 bits per heavy atom. The summed E-state index contributed by atoms with van der Waals surface area (Å²) in [5.74, 6) is 0. The molecule has 0 N–H and O–H groups in total.